The Morgan fingerprint density at radius 1 is 1.07 bits per heavy atom. The highest BCUT2D eigenvalue weighted by atomic mass is 32.2. The van der Waals surface area contributed by atoms with E-state index >= 15 is 0 Å². The Kier molecular flexibility index (Phi) is 8.76. The molecule has 0 aromatic carbocycles. The monoisotopic (exact) mass is 586 g/mol. The van der Waals surface area contributed by atoms with E-state index in [1.54, 1.807) is 33.0 Å². The number of nitrogens with zero attached hydrogens (tertiary/aromatic N) is 3. The molecule has 1 unspecified atom stereocenters. The Morgan fingerprint density at radius 3 is 2.30 bits per heavy atom. The molecule has 12 nitrogen and oxygen atoms in total. The van der Waals surface area contributed by atoms with Crippen LogP contribution in [0.2, 0.25) is 0 Å². The number of nitrogens with one attached hydrogen (secondary N) is 3. The number of hydrogen-bond acceptors (Lipinski definition) is 8. The number of halogens is 2. The van der Waals surface area contributed by atoms with Crippen molar-refractivity contribution in [1.29, 1.82) is 0 Å². The zero-order valence-electron chi connectivity index (χ0n) is 23.0. The number of aliphatic carboxylic acids is 1. The lowest BCUT2D eigenvalue weighted by Gasteiger charge is -2.47. The van der Waals surface area contributed by atoms with Crippen LogP contribution in [0.5, 0.6) is 0 Å². The lowest BCUT2D eigenvalue weighted by atomic mass is 9.78. The Labute approximate surface area is 235 Å². The number of hydrogen-bond donors (Lipinski definition) is 4. The first-order chi connectivity index (χ1) is 18.7. The lowest BCUT2D eigenvalue weighted by Crippen LogP contribution is -2.66. The number of alkyl halides is 2. The summed E-state index contributed by atoms with van der Waals surface area (Å²) in [5.74, 6) is -4.62. The van der Waals surface area contributed by atoms with Crippen LogP contribution in [0.1, 0.15) is 26.7 Å². The maximum Gasteiger partial charge on any atom is 0.353 e. The first-order valence-electron chi connectivity index (χ1n) is 13.2. The number of rotatable bonds is 9. The van der Waals surface area contributed by atoms with E-state index in [0.29, 0.717) is 30.8 Å². The fraction of sp³-hybridized carbons (Fsp3) is 0.720. The molecule has 0 aliphatic carbocycles. The van der Waals surface area contributed by atoms with Crippen molar-refractivity contribution in [2.45, 2.75) is 68.6 Å². The molecule has 4 aliphatic rings. The van der Waals surface area contributed by atoms with Crippen molar-refractivity contribution in [1.82, 2.24) is 30.7 Å². The van der Waals surface area contributed by atoms with E-state index in [0.717, 1.165) is 0 Å². The van der Waals surface area contributed by atoms with Gasteiger partial charge in [-0.05, 0) is 19.8 Å². The Bertz CT molecular complexity index is 1120. The standard InChI is InChI=1S/C25H36F2N6O6S/c1-10-17-16(11(2)30-21(34)20(26)27)24(37)33(17)18(25(38)39)19(10)40-13-7-15(29-9-13)23(36)32(5)12-6-14(28-8-12)22(35)31(3)4/h10-17,20,28-29H,6-9H2,1-5H3,(H,30,34)(H,38,39)/t10-,11?,12+,13+,14+,15+,16-,17-/m1/s1. The van der Waals surface area contributed by atoms with Gasteiger partial charge in [-0.15, -0.1) is 11.8 Å². The highest BCUT2D eigenvalue weighted by Gasteiger charge is 2.60. The normalized spacial score (nSPS) is 32.1. The number of carboxylic acid groups (broad SMARTS) is 1. The van der Waals surface area contributed by atoms with Crippen LogP contribution in [-0.4, -0.2) is 126 Å². The van der Waals surface area contributed by atoms with Crippen molar-refractivity contribution in [3.8, 4) is 0 Å². The van der Waals surface area contributed by atoms with E-state index in [9.17, 15) is 37.9 Å². The molecule has 40 heavy (non-hydrogen) atoms. The minimum Gasteiger partial charge on any atom is -0.477 e. The zero-order chi connectivity index (χ0) is 29.6. The average Bonchev–Trinajstić information content (AvgIpc) is 3.61. The predicted octanol–water partition coefficient (Wildman–Crippen LogP) is -0.730. The number of β-lactam (4-membered cyclic amide) rings is 1. The Hall–Kier alpha value is -2.78. The molecule has 4 heterocycles. The summed E-state index contributed by atoms with van der Waals surface area (Å²) < 4.78 is 25.5. The molecule has 0 bridgehead atoms. The molecule has 0 aromatic rings. The number of thioether (sulfide) groups is 1. The fourth-order valence-electron chi connectivity index (χ4n) is 6.17. The summed E-state index contributed by atoms with van der Waals surface area (Å²) in [6.45, 7) is 4.21. The molecule has 4 aliphatic heterocycles. The summed E-state index contributed by atoms with van der Waals surface area (Å²) in [6, 6.07) is -2.42. The molecule has 8 atom stereocenters. The van der Waals surface area contributed by atoms with Gasteiger partial charge < -0.3 is 35.8 Å². The van der Waals surface area contributed by atoms with Gasteiger partial charge in [0.25, 0.3) is 5.91 Å². The highest BCUT2D eigenvalue weighted by Crippen LogP contribution is 2.51. The summed E-state index contributed by atoms with van der Waals surface area (Å²) in [5.41, 5.74) is -0.128. The third kappa shape index (κ3) is 5.42. The van der Waals surface area contributed by atoms with Crippen LogP contribution in [0.15, 0.2) is 10.6 Å². The SMILES string of the molecule is CC(NC(=O)C(F)F)[C@H]1C(=O)N2C(C(=O)O)=C(S[C@@H]3CN[C@H](C(=O)N(C)[C@@H]4CN[C@H](C(=O)N(C)C)C4)C3)[C@H](C)[C@H]12. The van der Waals surface area contributed by atoms with Gasteiger partial charge in [-0.25, -0.2) is 4.79 Å². The first-order valence-corrected chi connectivity index (χ1v) is 14.1. The second-order valence-corrected chi connectivity index (χ2v) is 12.4. The minimum atomic E-state index is -3.22. The fourth-order valence-corrected chi connectivity index (χ4v) is 7.65. The molecule has 0 aromatic heterocycles. The van der Waals surface area contributed by atoms with E-state index in [4.69, 9.17) is 0 Å². The van der Waals surface area contributed by atoms with Crippen molar-refractivity contribution in [2.24, 2.45) is 11.8 Å². The van der Waals surface area contributed by atoms with Gasteiger partial charge in [-0.1, -0.05) is 6.92 Å². The van der Waals surface area contributed by atoms with Crippen LogP contribution in [0.25, 0.3) is 0 Å². The summed E-state index contributed by atoms with van der Waals surface area (Å²) in [6.07, 6.45) is -2.26. The van der Waals surface area contributed by atoms with E-state index in [1.165, 1.54) is 28.5 Å². The van der Waals surface area contributed by atoms with E-state index in [1.807, 2.05) is 0 Å². The molecule has 4 amide bonds. The van der Waals surface area contributed by atoms with E-state index in [2.05, 4.69) is 16.0 Å². The molecular weight excluding hydrogens is 550 g/mol. The molecule has 0 saturated carbocycles. The number of fused-ring (bicyclic) bond motifs is 1. The largest absolute Gasteiger partial charge is 0.477 e. The number of carboxylic acids is 1. The summed E-state index contributed by atoms with van der Waals surface area (Å²) >= 11 is 1.32. The Morgan fingerprint density at radius 2 is 1.70 bits per heavy atom. The third-order valence-electron chi connectivity index (χ3n) is 8.32. The number of amides is 4. The van der Waals surface area contributed by atoms with Crippen LogP contribution < -0.4 is 16.0 Å². The van der Waals surface area contributed by atoms with Crippen molar-refractivity contribution in [2.75, 3.05) is 34.2 Å². The van der Waals surface area contributed by atoms with Gasteiger partial charge in [0.15, 0.2) is 0 Å². The van der Waals surface area contributed by atoms with Crippen LogP contribution in [0, 0.1) is 11.8 Å². The molecule has 222 valence electrons. The smallest absolute Gasteiger partial charge is 0.353 e. The molecule has 0 spiro atoms. The van der Waals surface area contributed by atoms with Crippen molar-refractivity contribution in [3.05, 3.63) is 10.6 Å². The van der Waals surface area contributed by atoms with Crippen LogP contribution in [0.3, 0.4) is 0 Å². The molecule has 3 saturated heterocycles. The molecule has 0 radical (unpaired) electrons. The number of carbonyl (C=O) groups excluding carboxylic acids is 4. The predicted molar refractivity (Wildman–Crippen MR) is 141 cm³/mol. The van der Waals surface area contributed by atoms with Gasteiger partial charge in [0, 0.05) is 62.4 Å². The maximum absolute atomic E-state index is 13.3. The maximum atomic E-state index is 13.3. The van der Waals surface area contributed by atoms with Gasteiger partial charge in [0.2, 0.25) is 17.7 Å². The lowest BCUT2D eigenvalue weighted by molar-refractivity contribution is -0.159. The van der Waals surface area contributed by atoms with Crippen molar-refractivity contribution >= 4 is 41.4 Å². The topological polar surface area (TPSA) is 151 Å². The molecule has 4 rings (SSSR count). The number of carbonyl (C=O) groups is 5. The zero-order valence-corrected chi connectivity index (χ0v) is 23.8. The van der Waals surface area contributed by atoms with Gasteiger partial charge in [0.05, 0.1) is 24.0 Å². The molecule has 3 fully saturated rings. The van der Waals surface area contributed by atoms with Crippen molar-refractivity contribution in [3.63, 3.8) is 0 Å². The second-order valence-electron chi connectivity index (χ2n) is 11.1. The Balaban J connectivity index is 1.39. The van der Waals surface area contributed by atoms with Crippen LogP contribution >= 0.6 is 11.8 Å². The van der Waals surface area contributed by atoms with Crippen LogP contribution in [0.4, 0.5) is 8.78 Å². The van der Waals surface area contributed by atoms with E-state index < -0.39 is 54.2 Å². The third-order valence-corrected chi connectivity index (χ3v) is 9.83. The van der Waals surface area contributed by atoms with Gasteiger partial charge in [0.1, 0.15) is 5.70 Å². The van der Waals surface area contributed by atoms with Crippen molar-refractivity contribution < 1.29 is 37.9 Å². The van der Waals surface area contributed by atoms with Gasteiger partial charge in [-0.2, -0.15) is 8.78 Å². The molecular formula is C25H36F2N6O6S. The second kappa shape index (κ2) is 11.6. The molecule has 4 N–H and O–H groups in total. The van der Waals surface area contributed by atoms with Gasteiger partial charge >= 0.3 is 12.4 Å². The quantitative estimate of drug-likeness (QED) is 0.256. The summed E-state index contributed by atoms with van der Waals surface area (Å²) in [4.78, 5) is 67.0. The highest BCUT2D eigenvalue weighted by molar-refractivity contribution is 8.03. The minimum absolute atomic E-state index is 0.0387. The summed E-state index contributed by atoms with van der Waals surface area (Å²) in [5, 5.41) is 18.4. The average molecular weight is 587 g/mol. The number of likely N-dealkylation sites (N-methyl/N-ethyl adjacent to an activating group) is 2. The van der Waals surface area contributed by atoms with E-state index in [-0.39, 0.29) is 34.8 Å². The van der Waals surface area contributed by atoms with Crippen LogP contribution in [-0.2, 0) is 24.0 Å². The molecule has 15 heteroatoms. The summed E-state index contributed by atoms with van der Waals surface area (Å²) in [7, 11) is 5.09. The van der Waals surface area contributed by atoms with Gasteiger partial charge in [-0.3, -0.25) is 19.2 Å². The first kappa shape index (κ1) is 30.2.